The number of rotatable bonds is 10. The number of hydrogen-bond donors (Lipinski definition) is 0. The summed E-state index contributed by atoms with van der Waals surface area (Å²) >= 11 is 0. The molecule has 0 unspecified atom stereocenters. The normalized spacial score (nSPS) is 10.6. The lowest BCUT2D eigenvalue weighted by atomic mass is 10.4. The molecule has 0 heterocycles. The van der Waals surface area contributed by atoms with E-state index in [1.807, 2.05) is 0 Å². The van der Waals surface area contributed by atoms with Gasteiger partial charge < -0.3 is 14.2 Å². The summed E-state index contributed by atoms with van der Waals surface area (Å²) in [6.07, 6.45) is 3.88. The molecule has 0 saturated heterocycles. The number of carbonyl (C=O) groups is 1. The summed E-state index contributed by atoms with van der Waals surface area (Å²) in [5.41, 5.74) is 0.341. The van der Waals surface area contributed by atoms with Crippen molar-refractivity contribution in [3.05, 3.63) is 12.2 Å². The molecule has 0 aromatic rings. The number of esters is 1. The fourth-order valence-corrected chi connectivity index (χ4v) is 0.952. The summed E-state index contributed by atoms with van der Waals surface area (Å²) in [5.74, 6) is -0.483. The van der Waals surface area contributed by atoms with Gasteiger partial charge in [0.25, 0.3) is 0 Å². The van der Waals surface area contributed by atoms with E-state index in [4.69, 9.17) is 14.2 Å². The molecule has 0 amide bonds. The van der Waals surface area contributed by atoms with E-state index in [0.29, 0.717) is 18.8 Å². The standard InChI is InChI=1S/C13H24O4/c1-5-7-9-15-13(16-10-8-6-2)17-12(14)11(3)4/h13H,3,5-10H2,1-2,4H3. The summed E-state index contributed by atoms with van der Waals surface area (Å²) in [6, 6.07) is 0. The van der Waals surface area contributed by atoms with Gasteiger partial charge in [-0.2, -0.15) is 0 Å². The van der Waals surface area contributed by atoms with Crippen molar-refractivity contribution in [3.8, 4) is 0 Å². The molecule has 0 saturated carbocycles. The van der Waals surface area contributed by atoms with Crippen LogP contribution in [0.3, 0.4) is 0 Å². The van der Waals surface area contributed by atoms with E-state index < -0.39 is 12.4 Å². The molecule has 0 aliphatic heterocycles. The zero-order valence-corrected chi connectivity index (χ0v) is 11.2. The van der Waals surface area contributed by atoms with Gasteiger partial charge in [0.1, 0.15) is 0 Å². The third kappa shape index (κ3) is 8.89. The zero-order valence-electron chi connectivity index (χ0n) is 11.2. The molecule has 0 rings (SSSR count). The Morgan fingerprint density at radius 1 is 1.12 bits per heavy atom. The van der Waals surface area contributed by atoms with Gasteiger partial charge in [-0.3, -0.25) is 0 Å². The van der Waals surface area contributed by atoms with Crippen molar-refractivity contribution in [1.82, 2.24) is 0 Å². The van der Waals surface area contributed by atoms with Crippen LogP contribution >= 0.6 is 0 Å². The Morgan fingerprint density at radius 2 is 1.59 bits per heavy atom. The maximum atomic E-state index is 11.3. The molecule has 4 heteroatoms. The lowest BCUT2D eigenvalue weighted by Crippen LogP contribution is -2.26. The Kier molecular flexibility index (Phi) is 9.77. The highest BCUT2D eigenvalue weighted by molar-refractivity contribution is 5.86. The minimum Gasteiger partial charge on any atom is -0.407 e. The minimum atomic E-state index is -0.905. The van der Waals surface area contributed by atoms with Crippen molar-refractivity contribution in [2.24, 2.45) is 0 Å². The van der Waals surface area contributed by atoms with Crippen molar-refractivity contribution in [2.45, 2.75) is 52.9 Å². The second-order valence-electron chi connectivity index (χ2n) is 3.92. The van der Waals surface area contributed by atoms with Crippen molar-refractivity contribution in [2.75, 3.05) is 13.2 Å². The van der Waals surface area contributed by atoms with Gasteiger partial charge in [-0.25, -0.2) is 4.79 Å². The zero-order chi connectivity index (χ0) is 13.1. The molecule has 0 atom stereocenters. The molecule has 0 bridgehead atoms. The second-order valence-corrected chi connectivity index (χ2v) is 3.92. The first-order valence-corrected chi connectivity index (χ1v) is 6.21. The number of unbranched alkanes of at least 4 members (excludes halogenated alkanes) is 2. The highest BCUT2D eigenvalue weighted by Crippen LogP contribution is 2.05. The quantitative estimate of drug-likeness (QED) is 0.256. The summed E-state index contributed by atoms with van der Waals surface area (Å²) in [7, 11) is 0. The highest BCUT2D eigenvalue weighted by Gasteiger charge is 2.15. The summed E-state index contributed by atoms with van der Waals surface area (Å²) in [4.78, 5) is 11.3. The predicted octanol–water partition coefficient (Wildman–Crippen LogP) is 3.02. The van der Waals surface area contributed by atoms with E-state index in [0.717, 1.165) is 25.7 Å². The molecule has 0 aromatic heterocycles. The predicted molar refractivity (Wildman–Crippen MR) is 66.4 cm³/mol. The second kappa shape index (κ2) is 10.3. The molecular weight excluding hydrogens is 220 g/mol. The Bertz CT molecular complexity index is 215. The molecular formula is C13H24O4. The monoisotopic (exact) mass is 244 g/mol. The average molecular weight is 244 g/mol. The lowest BCUT2D eigenvalue weighted by molar-refractivity contribution is -0.274. The van der Waals surface area contributed by atoms with Crippen molar-refractivity contribution < 1.29 is 19.0 Å². The van der Waals surface area contributed by atoms with E-state index in [1.54, 1.807) is 6.92 Å². The first-order valence-electron chi connectivity index (χ1n) is 6.21. The van der Waals surface area contributed by atoms with Crippen LogP contribution in [0.2, 0.25) is 0 Å². The molecule has 0 radical (unpaired) electrons. The van der Waals surface area contributed by atoms with E-state index in [-0.39, 0.29) is 0 Å². The molecule has 4 nitrogen and oxygen atoms in total. The molecule has 0 fully saturated rings. The van der Waals surface area contributed by atoms with Gasteiger partial charge >= 0.3 is 12.4 Å². The lowest BCUT2D eigenvalue weighted by Gasteiger charge is -2.18. The first-order chi connectivity index (χ1) is 8.11. The molecule has 0 aromatic carbocycles. The molecule has 0 aliphatic carbocycles. The van der Waals surface area contributed by atoms with Crippen molar-refractivity contribution in [1.29, 1.82) is 0 Å². The fraction of sp³-hybridized carbons (Fsp3) is 0.769. The fourth-order valence-electron chi connectivity index (χ4n) is 0.952. The Balaban J connectivity index is 4.00. The Morgan fingerprint density at radius 3 is 1.94 bits per heavy atom. The van der Waals surface area contributed by atoms with Crippen LogP contribution in [-0.4, -0.2) is 25.7 Å². The van der Waals surface area contributed by atoms with Crippen molar-refractivity contribution >= 4 is 5.97 Å². The van der Waals surface area contributed by atoms with Crippen LogP contribution in [0.4, 0.5) is 0 Å². The molecule has 100 valence electrons. The number of hydrogen-bond acceptors (Lipinski definition) is 4. The third-order valence-corrected chi connectivity index (χ3v) is 2.06. The van der Waals surface area contributed by atoms with Crippen LogP contribution < -0.4 is 0 Å². The smallest absolute Gasteiger partial charge is 0.337 e. The summed E-state index contributed by atoms with van der Waals surface area (Å²) in [6.45, 7) is 9.39. The minimum absolute atomic E-state index is 0.341. The summed E-state index contributed by atoms with van der Waals surface area (Å²) < 4.78 is 15.7. The maximum Gasteiger partial charge on any atom is 0.337 e. The van der Waals surface area contributed by atoms with Gasteiger partial charge in [-0.15, -0.1) is 0 Å². The van der Waals surface area contributed by atoms with E-state index in [2.05, 4.69) is 20.4 Å². The largest absolute Gasteiger partial charge is 0.407 e. The maximum absolute atomic E-state index is 11.3. The SMILES string of the molecule is C=C(C)C(=O)OC(OCCCC)OCCCC. The van der Waals surface area contributed by atoms with Gasteiger partial charge in [-0.1, -0.05) is 33.3 Å². The summed E-state index contributed by atoms with van der Waals surface area (Å²) in [5, 5.41) is 0. The Labute approximate surface area is 104 Å². The van der Waals surface area contributed by atoms with E-state index >= 15 is 0 Å². The average Bonchev–Trinajstić information content (AvgIpc) is 2.29. The molecule has 17 heavy (non-hydrogen) atoms. The van der Waals surface area contributed by atoms with E-state index in [1.165, 1.54) is 0 Å². The third-order valence-electron chi connectivity index (χ3n) is 2.06. The van der Waals surface area contributed by atoms with Crippen LogP contribution in [0.15, 0.2) is 12.2 Å². The number of carbonyl (C=O) groups excluding carboxylic acids is 1. The molecule has 0 aliphatic rings. The van der Waals surface area contributed by atoms with Gasteiger partial charge in [0.05, 0.1) is 13.2 Å². The molecule has 0 N–H and O–H groups in total. The van der Waals surface area contributed by atoms with Gasteiger partial charge in [0.2, 0.25) is 0 Å². The van der Waals surface area contributed by atoms with Crippen LogP contribution in [0.5, 0.6) is 0 Å². The Hall–Kier alpha value is -0.870. The van der Waals surface area contributed by atoms with Crippen LogP contribution in [0.25, 0.3) is 0 Å². The number of ether oxygens (including phenoxy) is 3. The van der Waals surface area contributed by atoms with Gasteiger partial charge in [0.15, 0.2) is 0 Å². The van der Waals surface area contributed by atoms with Crippen LogP contribution in [0, 0.1) is 0 Å². The van der Waals surface area contributed by atoms with Crippen molar-refractivity contribution in [3.63, 3.8) is 0 Å². The highest BCUT2D eigenvalue weighted by atomic mass is 16.9. The van der Waals surface area contributed by atoms with Gasteiger partial charge in [-0.05, 0) is 19.8 Å². The van der Waals surface area contributed by atoms with E-state index in [9.17, 15) is 4.79 Å². The topological polar surface area (TPSA) is 44.8 Å². The molecule has 0 spiro atoms. The first kappa shape index (κ1) is 16.1. The van der Waals surface area contributed by atoms with Crippen LogP contribution in [0.1, 0.15) is 46.5 Å². The van der Waals surface area contributed by atoms with Crippen LogP contribution in [-0.2, 0) is 19.0 Å². The van der Waals surface area contributed by atoms with Gasteiger partial charge in [0, 0.05) is 5.57 Å².